The van der Waals surface area contributed by atoms with Gasteiger partial charge in [0.25, 0.3) is 0 Å². The molecule has 0 spiro atoms. The summed E-state index contributed by atoms with van der Waals surface area (Å²) in [6.45, 7) is 4.73. The maximum absolute atomic E-state index is 12.9. The molecule has 0 N–H and O–H groups in total. The summed E-state index contributed by atoms with van der Waals surface area (Å²) in [4.78, 5) is 27.9. The van der Waals surface area contributed by atoms with Crippen molar-refractivity contribution in [3.63, 3.8) is 0 Å². The van der Waals surface area contributed by atoms with Gasteiger partial charge in [-0.15, -0.1) is 0 Å². The lowest BCUT2D eigenvalue weighted by Gasteiger charge is -2.30. The van der Waals surface area contributed by atoms with E-state index in [0.29, 0.717) is 10.9 Å². The van der Waals surface area contributed by atoms with Crippen LogP contribution in [0.1, 0.15) is 48.7 Å². The van der Waals surface area contributed by atoms with Crippen LogP contribution in [0.15, 0.2) is 35.7 Å². The summed E-state index contributed by atoms with van der Waals surface area (Å²) < 4.78 is 0. The molecule has 1 atom stereocenters. The molecule has 0 saturated carbocycles. The van der Waals surface area contributed by atoms with Gasteiger partial charge in [0.1, 0.15) is 0 Å². The fraction of sp³-hybridized carbons (Fsp3) is 0.474. The van der Waals surface area contributed by atoms with Crippen molar-refractivity contribution in [2.24, 2.45) is 0 Å². The van der Waals surface area contributed by atoms with Gasteiger partial charge in [0.2, 0.25) is 5.91 Å². The van der Waals surface area contributed by atoms with Crippen molar-refractivity contribution in [2.75, 3.05) is 12.3 Å². The summed E-state index contributed by atoms with van der Waals surface area (Å²) in [5, 5.41) is 0.682. The number of amides is 1. The Bertz CT molecular complexity index is 702. The molecule has 1 aliphatic heterocycles. The van der Waals surface area contributed by atoms with Crippen LogP contribution in [-0.4, -0.2) is 38.1 Å². The van der Waals surface area contributed by atoms with Gasteiger partial charge in [0.05, 0.1) is 11.8 Å². The third-order valence-electron chi connectivity index (χ3n) is 4.45. The van der Waals surface area contributed by atoms with E-state index in [1.54, 1.807) is 12.4 Å². The highest BCUT2D eigenvalue weighted by atomic mass is 32.2. The number of carbonyl (C=O) groups excluding carboxylic acids is 1. The number of aromatic nitrogens is 3. The van der Waals surface area contributed by atoms with E-state index >= 15 is 0 Å². The Labute approximate surface area is 153 Å². The summed E-state index contributed by atoms with van der Waals surface area (Å²) in [6, 6.07) is 6.14. The molecule has 25 heavy (non-hydrogen) atoms. The first kappa shape index (κ1) is 17.9. The summed E-state index contributed by atoms with van der Waals surface area (Å²) >= 11 is 1.43. The molecule has 1 fully saturated rings. The third kappa shape index (κ3) is 4.78. The van der Waals surface area contributed by atoms with Crippen LogP contribution >= 0.6 is 11.8 Å². The van der Waals surface area contributed by atoms with Gasteiger partial charge in [-0.05, 0) is 50.5 Å². The molecule has 0 bridgehead atoms. The Kier molecular flexibility index (Phi) is 6.02. The molecule has 6 heteroatoms. The van der Waals surface area contributed by atoms with Crippen molar-refractivity contribution in [1.29, 1.82) is 0 Å². The Morgan fingerprint density at radius 3 is 2.60 bits per heavy atom. The standard InChI is InChI=1S/C19H24N4OS/c1-14-12-15(2)22-19(21-14)25-13-18(24)23-11-5-3-4-6-17(23)16-7-9-20-10-8-16/h7-10,12,17H,3-6,11,13H2,1-2H3/t17-/m0/s1. The molecule has 2 aromatic rings. The number of thioether (sulfide) groups is 1. The van der Waals surface area contributed by atoms with Crippen LogP contribution < -0.4 is 0 Å². The molecule has 3 heterocycles. The third-order valence-corrected chi connectivity index (χ3v) is 5.28. The predicted molar refractivity (Wildman–Crippen MR) is 99.4 cm³/mol. The van der Waals surface area contributed by atoms with Crippen molar-refractivity contribution in [1.82, 2.24) is 19.9 Å². The van der Waals surface area contributed by atoms with Gasteiger partial charge in [-0.1, -0.05) is 24.6 Å². The lowest BCUT2D eigenvalue weighted by atomic mass is 10.0. The van der Waals surface area contributed by atoms with Gasteiger partial charge in [-0.2, -0.15) is 0 Å². The fourth-order valence-corrected chi connectivity index (χ4v) is 4.14. The Hall–Kier alpha value is -1.95. The largest absolute Gasteiger partial charge is 0.335 e. The summed E-state index contributed by atoms with van der Waals surface area (Å²) in [5.74, 6) is 0.543. The van der Waals surface area contributed by atoms with Crippen LogP contribution in [0.3, 0.4) is 0 Å². The smallest absolute Gasteiger partial charge is 0.233 e. The fourth-order valence-electron chi connectivity index (χ4n) is 3.31. The topological polar surface area (TPSA) is 59.0 Å². The highest BCUT2D eigenvalue weighted by Gasteiger charge is 2.26. The van der Waals surface area contributed by atoms with Crippen molar-refractivity contribution >= 4 is 17.7 Å². The molecule has 0 aromatic carbocycles. The van der Waals surface area contributed by atoms with Crippen LogP contribution in [0.2, 0.25) is 0 Å². The summed E-state index contributed by atoms with van der Waals surface area (Å²) in [5.41, 5.74) is 3.05. The Morgan fingerprint density at radius 1 is 1.16 bits per heavy atom. The first-order chi connectivity index (χ1) is 12.1. The minimum absolute atomic E-state index is 0.152. The average Bonchev–Trinajstić information content (AvgIpc) is 2.85. The second-order valence-corrected chi connectivity index (χ2v) is 7.40. The molecule has 1 aliphatic rings. The van der Waals surface area contributed by atoms with Gasteiger partial charge in [0, 0.05) is 30.3 Å². The molecule has 0 radical (unpaired) electrons. The molecule has 0 unspecified atom stereocenters. The molecule has 1 amide bonds. The summed E-state index contributed by atoms with van der Waals surface area (Å²) in [7, 11) is 0. The number of pyridine rings is 1. The second kappa shape index (κ2) is 8.43. The summed E-state index contributed by atoms with van der Waals surface area (Å²) in [6.07, 6.45) is 8.03. The van der Waals surface area contributed by atoms with Crippen LogP contribution in [0.5, 0.6) is 0 Å². The van der Waals surface area contributed by atoms with Gasteiger partial charge in [0.15, 0.2) is 5.16 Å². The van der Waals surface area contributed by atoms with E-state index in [0.717, 1.165) is 37.2 Å². The van der Waals surface area contributed by atoms with Crippen LogP contribution in [0.25, 0.3) is 0 Å². The first-order valence-electron chi connectivity index (χ1n) is 8.78. The molecule has 3 rings (SSSR count). The normalized spacial score (nSPS) is 18.0. The van der Waals surface area contributed by atoms with Crippen molar-refractivity contribution in [2.45, 2.75) is 50.7 Å². The van der Waals surface area contributed by atoms with Crippen molar-refractivity contribution in [3.8, 4) is 0 Å². The highest BCUT2D eigenvalue weighted by Crippen LogP contribution is 2.30. The number of hydrogen-bond acceptors (Lipinski definition) is 5. The van der Waals surface area contributed by atoms with E-state index in [9.17, 15) is 4.79 Å². The minimum Gasteiger partial charge on any atom is -0.335 e. The van der Waals surface area contributed by atoms with Crippen molar-refractivity contribution in [3.05, 3.63) is 47.5 Å². The lowest BCUT2D eigenvalue weighted by Crippen LogP contribution is -2.36. The number of aryl methyl sites for hydroxylation is 2. The van der Waals surface area contributed by atoms with E-state index < -0.39 is 0 Å². The Morgan fingerprint density at radius 2 is 1.88 bits per heavy atom. The maximum Gasteiger partial charge on any atom is 0.233 e. The van der Waals surface area contributed by atoms with Crippen molar-refractivity contribution < 1.29 is 4.79 Å². The quantitative estimate of drug-likeness (QED) is 0.617. The first-order valence-corrected chi connectivity index (χ1v) is 9.76. The Balaban J connectivity index is 1.71. The van der Waals surface area contributed by atoms with E-state index in [-0.39, 0.29) is 11.9 Å². The van der Waals surface area contributed by atoms with Gasteiger partial charge < -0.3 is 4.90 Å². The van der Waals surface area contributed by atoms with E-state index in [1.165, 1.54) is 23.7 Å². The number of carbonyl (C=O) groups is 1. The maximum atomic E-state index is 12.9. The van der Waals surface area contributed by atoms with Gasteiger partial charge in [-0.25, -0.2) is 9.97 Å². The van der Waals surface area contributed by atoms with Crippen LogP contribution in [0.4, 0.5) is 0 Å². The van der Waals surface area contributed by atoms with Crippen LogP contribution in [0, 0.1) is 13.8 Å². The zero-order chi connectivity index (χ0) is 17.6. The second-order valence-electron chi connectivity index (χ2n) is 6.45. The lowest BCUT2D eigenvalue weighted by molar-refractivity contribution is -0.130. The molecule has 2 aromatic heterocycles. The SMILES string of the molecule is Cc1cc(C)nc(SCC(=O)N2CCCCC[C@H]2c2ccncc2)n1. The van der Waals surface area contributed by atoms with E-state index in [1.807, 2.05) is 36.9 Å². The average molecular weight is 356 g/mol. The number of likely N-dealkylation sites (tertiary alicyclic amines) is 1. The molecule has 132 valence electrons. The molecular weight excluding hydrogens is 332 g/mol. The molecular formula is C19H24N4OS. The van der Waals surface area contributed by atoms with E-state index in [2.05, 4.69) is 15.0 Å². The number of rotatable bonds is 4. The molecule has 0 aliphatic carbocycles. The molecule has 1 saturated heterocycles. The number of hydrogen-bond donors (Lipinski definition) is 0. The zero-order valence-electron chi connectivity index (χ0n) is 14.8. The minimum atomic E-state index is 0.152. The van der Waals surface area contributed by atoms with Gasteiger partial charge >= 0.3 is 0 Å². The molecule has 5 nitrogen and oxygen atoms in total. The van der Waals surface area contributed by atoms with Crippen LogP contribution in [-0.2, 0) is 4.79 Å². The van der Waals surface area contributed by atoms with Gasteiger partial charge in [-0.3, -0.25) is 9.78 Å². The highest BCUT2D eigenvalue weighted by molar-refractivity contribution is 7.99. The monoisotopic (exact) mass is 356 g/mol. The predicted octanol–water partition coefficient (Wildman–Crippen LogP) is 3.72. The van der Waals surface area contributed by atoms with E-state index in [4.69, 9.17) is 0 Å². The number of nitrogens with zero attached hydrogens (tertiary/aromatic N) is 4. The zero-order valence-corrected chi connectivity index (χ0v) is 15.6.